The van der Waals surface area contributed by atoms with Gasteiger partial charge in [-0.25, -0.2) is 9.59 Å². The molecule has 34 heavy (non-hydrogen) atoms. The minimum Gasteiger partial charge on any atom is -0.497 e. The number of nitrogens with one attached hydrogen (secondary N) is 1. The van der Waals surface area contributed by atoms with Gasteiger partial charge in [0.25, 0.3) is 5.91 Å². The van der Waals surface area contributed by atoms with E-state index in [1.807, 2.05) is 0 Å². The average molecular weight is 461 g/mol. The maximum atomic E-state index is 12.9. The van der Waals surface area contributed by atoms with Crippen molar-refractivity contribution in [1.29, 1.82) is 0 Å². The molecule has 0 aliphatic rings. The molecule has 0 aromatic heterocycles. The first-order valence-electron chi connectivity index (χ1n) is 10.4. The van der Waals surface area contributed by atoms with Crippen LogP contribution in [0.1, 0.15) is 43.6 Å². The summed E-state index contributed by atoms with van der Waals surface area (Å²) in [4.78, 5) is 49.4. The molecular formula is C26H23NO7. The summed E-state index contributed by atoms with van der Waals surface area (Å²) in [5.74, 6) is -1.59. The van der Waals surface area contributed by atoms with Crippen molar-refractivity contribution in [2.75, 3.05) is 25.6 Å². The Morgan fingerprint density at radius 1 is 0.735 bits per heavy atom. The summed E-state index contributed by atoms with van der Waals surface area (Å²) in [6.07, 6.45) is 0. The smallest absolute Gasteiger partial charge is 0.339 e. The van der Waals surface area contributed by atoms with E-state index in [0.29, 0.717) is 22.6 Å². The van der Waals surface area contributed by atoms with E-state index in [9.17, 15) is 19.2 Å². The molecule has 0 aliphatic carbocycles. The predicted molar refractivity (Wildman–Crippen MR) is 124 cm³/mol. The second-order valence-corrected chi connectivity index (χ2v) is 7.03. The molecule has 0 saturated heterocycles. The lowest BCUT2D eigenvalue weighted by Gasteiger charge is -2.10. The Bertz CT molecular complexity index is 1180. The van der Waals surface area contributed by atoms with Crippen LogP contribution < -0.4 is 10.1 Å². The number of carbonyl (C=O) groups excluding carboxylic acids is 4. The molecule has 8 heteroatoms. The average Bonchev–Trinajstić information content (AvgIpc) is 2.87. The number of carbonyl (C=O) groups is 4. The fourth-order valence-corrected chi connectivity index (χ4v) is 3.07. The summed E-state index contributed by atoms with van der Waals surface area (Å²) in [6, 6.07) is 18.8. The van der Waals surface area contributed by atoms with Gasteiger partial charge in [0.1, 0.15) is 5.75 Å². The van der Waals surface area contributed by atoms with Crippen molar-refractivity contribution in [3.8, 4) is 5.75 Å². The van der Waals surface area contributed by atoms with Gasteiger partial charge in [0.15, 0.2) is 12.4 Å². The number of ether oxygens (including phenoxy) is 3. The van der Waals surface area contributed by atoms with Crippen LogP contribution in [0.4, 0.5) is 5.69 Å². The van der Waals surface area contributed by atoms with Crippen LogP contribution in [-0.4, -0.2) is 44.0 Å². The highest BCUT2D eigenvalue weighted by Gasteiger charge is 2.20. The zero-order chi connectivity index (χ0) is 24.5. The van der Waals surface area contributed by atoms with E-state index in [1.54, 1.807) is 43.3 Å². The molecule has 0 atom stereocenters. The van der Waals surface area contributed by atoms with Gasteiger partial charge < -0.3 is 19.5 Å². The van der Waals surface area contributed by atoms with Gasteiger partial charge in [-0.3, -0.25) is 9.59 Å². The lowest BCUT2D eigenvalue weighted by Crippen LogP contribution is -2.22. The highest BCUT2D eigenvalue weighted by atomic mass is 16.5. The molecule has 0 unspecified atom stereocenters. The Labute approximate surface area is 196 Å². The molecule has 0 spiro atoms. The van der Waals surface area contributed by atoms with Crippen molar-refractivity contribution in [2.45, 2.75) is 6.92 Å². The zero-order valence-electron chi connectivity index (χ0n) is 18.7. The maximum absolute atomic E-state index is 12.9. The zero-order valence-corrected chi connectivity index (χ0v) is 18.7. The second-order valence-electron chi connectivity index (χ2n) is 7.03. The highest BCUT2D eigenvalue weighted by molar-refractivity contribution is 6.14. The number of anilines is 1. The Hall–Kier alpha value is -4.46. The van der Waals surface area contributed by atoms with Gasteiger partial charge in [-0.1, -0.05) is 18.2 Å². The summed E-state index contributed by atoms with van der Waals surface area (Å²) >= 11 is 0. The monoisotopic (exact) mass is 461 g/mol. The SMILES string of the molecule is CCOC(=O)c1ccc(NC(=O)COC(=O)c2ccccc2C(=O)c2ccc(OC)cc2)cc1. The fraction of sp³-hybridized carbons (Fsp3) is 0.154. The molecular weight excluding hydrogens is 438 g/mol. The molecule has 8 nitrogen and oxygen atoms in total. The summed E-state index contributed by atoms with van der Waals surface area (Å²) in [6.45, 7) is 1.42. The molecule has 0 radical (unpaired) electrons. The minimum absolute atomic E-state index is 0.0508. The van der Waals surface area contributed by atoms with Gasteiger partial charge in [-0.15, -0.1) is 0 Å². The van der Waals surface area contributed by atoms with Crippen molar-refractivity contribution in [2.24, 2.45) is 0 Å². The topological polar surface area (TPSA) is 108 Å². The number of rotatable bonds is 9. The van der Waals surface area contributed by atoms with Crippen LogP contribution in [0, 0.1) is 0 Å². The number of methoxy groups -OCH3 is 1. The molecule has 3 aromatic carbocycles. The van der Waals surface area contributed by atoms with Gasteiger partial charge in [-0.05, 0) is 61.5 Å². The van der Waals surface area contributed by atoms with Crippen LogP contribution >= 0.6 is 0 Å². The standard InChI is InChI=1S/C26H23NO7/c1-3-33-25(30)18-8-12-19(13-9-18)27-23(28)16-34-26(31)22-7-5-4-6-21(22)24(29)17-10-14-20(32-2)15-11-17/h4-15H,3,16H2,1-2H3,(H,27,28). The maximum Gasteiger partial charge on any atom is 0.339 e. The number of ketones is 1. The first-order chi connectivity index (χ1) is 16.4. The molecule has 0 aliphatic heterocycles. The molecule has 0 bridgehead atoms. The number of amides is 1. The molecule has 174 valence electrons. The van der Waals surface area contributed by atoms with Gasteiger partial charge in [0.2, 0.25) is 0 Å². The van der Waals surface area contributed by atoms with E-state index in [0.717, 1.165) is 0 Å². The third-order valence-electron chi connectivity index (χ3n) is 4.76. The van der Waals surface area contributed by atoms with Gasteiger partial charge in [0.05, 0.1) is 24.8 Å². The van der Waals surface area contributed by atoms with Crippen LogP contribution in [0.2, 0.25) is 0 Å². The summed E-state index contributed by atoms with van der Waals surface area (Å²) in [5, 5.41) is 2.57. The molecule has 0 saturated carbocycles. The Morgan fingerprint density at radius 2 is 1.35 bits per heavy atom. The summed E-state index contributed by atoms with van der Waals surface area (Å²) in [7, 11) is 1.52. The second kappa shape index (κ2) is 11.4. The quantitative estimate of drug-likeness (QED) is 0.380. The lowest BCUT2D eigenvalue weighted by molar-refractivity contribution is -0.119. The number of benzene rings is 3. The van der Waals surface area contributed by atoms with Crippen LogP contribution in [-0.2, 0) is 14.3 Å². The lowest BCUT2D eigenvalue weighted by atomic mass is 9.98. The third-order valence-corrected chi connectivity index (χ3v) is 4.76. The van der Waals surface area contributed by atoms with Crippen molar-refractivity contribution in [1.82, 2.24) is 0 Å². The highest BCUT2D eigenvalue weighted by Crippen LogP contribution is 2.19. The van der Waals surface area contributed by atoms with Crippen molar-refractivity contribution >= 4 is 29.3 Å². The number of hydrogen-bond donors (Lipinski definition) is 1. The third kappa shape index (κ3) is 6.07. The largest absolute Gasteiger partial charge is 0.497 e. The minimum atomic E-state index is -0.801. The molecule has 1 amide bonds. The normalized spacial score (nSPS) is 10.2. The predicted octanol–water partition coefficient (Wildman–Crippen LogP) is 3.90. The van der Waals surface area contributed by atoms with Crippen molar-refractivity contribution in [3.05, 3.63) is 95.1 Å². The van der Waals surface area contributed by atoms with Crippen LogP contribution in [0.3, 0.4) is 0 Å². The van der Waals surface area contributed by atoms with E-state index in [1.165, 1.54) is 43.5 Å². The Balaban J connectivity index is 1.62. The molecule has 3 aromatic rings. The number of esters is 2. The molecule has 0 fully saturated rings. The van der Waals surface area contributed by atoms with Crippen LogP contribution in [0.5, 0.6) is 5.75 Å². The molecule has 3 rings (SSSR count). The Kier molecular flexibility index (Phi) is 8.12. The summed E-state index contributed by atoms with van der Waals surface area (Å²) < 4.78 is 15.1. The van der Waals surface area contributed by atoms with Gasteiger partial charge in [-0.2, -0.15) is 0 Å². The first-order valence-corrected chi connectivity index (χ1v) is 10.4. The number of hydrogen-bond acceptors (Lipinski definition) is 7. The van der Waals surface area contributed by atoms with E-state index in [2.05, 4.69) is 5.32 Å². The van der Waals surface area contributed by atoms with E-state index < -0.39 is 24.5 Å². The molecule has 1 N–H and O–H groups in total. The van der Waals surface area contributed by atoms with E-state index in [4.69, 9.17) is 14.2 Å². The Morgan fingerprint density at radius 3 is 1.97 bits per heavy atom. The van der Waals surface area contributed by atoms with Crippen LogP contribution in [0.25, 0.3) is 0 Å². The van der Waals surface area contributed by atoms with Crippen molar-refractivity contribution in [3.63, 3.8) is 0 Å². The van der Waals surface area contributed by atoms with Crippen molar-refractivity contribution < 1.29 is 33.4 Å². The van der Waals surface area contributed by atoms with Crippen LogP contribution in [0.15, 0.2) is 72.8 Å². The first kappa shape index (κ1) is 24.2. The van der Waals surface area contributed by atoms with E-state index >= 15 is 0 Å². The van der Waals surface area contributed by atoms with E-state index in [-0.39, 0.29) is 23.5 Å². The molecule has 0 heterocycles. The fourth-order valence-electron chi connectivity index (χ4n) is 3.07. The van der Waals surface area contributed by atoms with Gasteiger partial charge >= 0.3 is 11.9 Å². The van der Waals surface area contributed by atoms with Gasteiger partial charge in [0, 0.05) is 16.8 Å². The summed E-state index contributed by atoms with van der Waals surface area (Å²) in [5.41, 5.74) is 1.36.